The Bertz CT molecular complexity index is 741. The summed E-state index contributed by atoms with van der Waals surface area (Å²) in [7, 11) is 0. The lowest BCUT2D eigenvalue weighted by Gasteiger charge is -2.41. The Kier molecular flexibility index (Phi) is 6.29. The lowest BCUT2D eigenvalue weighted by Crippen LogP contribution is -2.52. The SMILES string of the molecule is OCC[C@@H]1CN(Cc2cccc(F)c2)CCN1Cc1ccc(F)c(F)c1. The van der Waals surface area contributed by atoms with Crippen LogP contribution in [-0.2, 0) is 13.1 Å². The fourth-order valence-electron chi connectivity index (χ4n) is 3.50. The van der Waals surface area contributed by atoms with Crippen molar-refractivity contribution < 1.29 is 18.3 Å². The quantitative estimate of drug-likeness (QED) is 0.853. The monoisotopic (exact) mass is 364 g/mol. The van der Waals surface area contributed by atoms with Crippen LogP contribution in [0.15, 0.2) is 42.5 Å². The summed E-state index contributed by atoms with van der Waals surface area (Å²) in [6.45, 7) is 3.50. The third kappa shape index (κ3) is 4.84. The Morgan fingerprint density at radius 1 is 0.923 bits per heavy atom. The molecule has 1 heterocycles. The molecule has 1 aliphatic rings. The Hall–Kier alpha value is -1.89. The Balaban J connectivity index is 1.64. The van der Waals surface area contributed by atoms with E-state index in [9.17, 15) is 18.3 Å². The molecule has 3 nitrogen and oxygen atoms in total. The largest absolute Gasteiger partial charge is 0.396 e. The van der Waals surface area contributed by atoms with Crippen LogP contribution in [-0.4, -0.2) is 47.2 Å². The molecule has 0 bridgehead atoms. The predicted molar refractivity (Wildman–Crippen MR) is 93.9 cm³/mol. The van der Waals surface area contributed by atoms with Crippen LogP contribution in [0.1, 0.15) is 17.5 Å². The Morgan fingerprint density at radius 3 is 2.46 bits per heavy atom. The van der Waals surface area contributed by atoms with E-state index in [-0.39, 0.29) is 18.5 Å². The van der Waals surface area contributed by atoms with Crippen molar-refractivity contribution in [3.05, 3.63) is 71.0 Å². The van der Waals surface area contributed by atoms with Crippen molar-refractivity contribution >= 4 is 0 Å². The first-order chi connectivity index (χ1) is 12.5. The van der Waals surface area contributed by atoms with E-state index in [1.54, 1.807) is 12.1 Å². The second-order valence-electron chi connectivity index (χ2n) is 6.75. The summed E-state index contributed by atoms with van der Waals surface area (Å²) >= 11 is 0. The maximum absolute atomic E-state index is 13.4. The summed E-state index contributed by atoms with van der Waals surface area (Å²) in [5.41, 5.74) is 1.63. The van der Waals surface area contributed by atoms with E-state index in [2.05, 4.69) is 9.80 Å². The molecule has 1 N–H and O–H groups in total. The zero-order valence-electron chi connectivity index (χ0n) is 14.5. The molecule has 0 amide bonds. The first-order valence-electron chi connectivity index (χ1n) is 8.81. The van der Waals surface area contributed by atoms with Gasteiger partial charge in [0.2, 0.25) is 0 Å². The summed E-state index contributed by atoms with van der Waals surface area (Å²) in [5.74, 6) is -1.93. The van der Waals surface area contributed by atoms with Gasteiger partial charge >= 0.3 is 0 Å². The highest BCUT2D eigenvalue weighted by Crippen LogP contribution is 2.19. The molecule has 0 aromatic heterocycles. The van der Waals surface area contributed by atoms with Crippen LogP contribution in [0.25, 0.3) is 0 Å². The molecular formula is C20H23F3N2O. The van der Waals surface area contributed by atoms with Gasteiger partial charge in [-0.1, -0.05) is 18.2 Å². The molecule has 26 heavy (non-hydrogen) atoms. The van der Waals surface area contributed by atoms with E-state index < -0.39 is 11.6 Å². The summed E-state index contributed by atoms with van der Waals surface area (Å²) in [4.78, 5) is 4.42. The van der Waals surface area contributed by atoms with Crippen LogP contribution in [0.3, 0.4) is 0 Å². The Morgan fingerprint density at radius 2 is 1.73 bits per heavy atom. The summed E-state index contributed by atoms with van der Waals surface area (Å²) in [6, 6.07) is 10.6. The highest BCUT2D eigenvalue weighted by atomic mass is 19.2. The normalized spacial score (nSPS) is 19.0. The van der Waals surface area contributed by atoms with Crippen molar-refractivity contribution in [2.24, 2.45) is 0 Å². The lowest BCUT2D eigenvalue weighted by molar-refractivity contribution is 0.0498. The van der Waals surface area contributed by atoms with E-state index in [1.807, 2.05) is 6.07 Å². The van der Waals surface area contributed by atoms with Crippen LogP contribution in [0.2, 0.25) is 0 Å². The molecule has 0 spiro atoms. The van der Waals surface area contributed by atoms with Crippen molar-refractivity contribution in [1.29, 1.82) is 0 Å². The number of benzene rings is 2. The van der Waals surface area contributed by atoms with Crippen molar-refractivity contribution in [2.45, 2.75) is 25.6 Å². The molecule has 0 saturated carbocycles. The molecule has 1 atom stereocenters. The van der Waals surface area contributed by atoms with Gasteiger partial charge in [0.25, 0.3) is 0 Å². The van der Waals surface area contributed by atoms with E-state index in [0.29, 0.717) is 25.1 Å². The van der Waals surface area contributed by atoms with Gasteiger partial charge in [-0.25, -0.2) is 13.2 Å². The molecular weight excluding hydrogens is 341 g/mol. The minimum atomic E-state index is -0.847. The van der Waals surface area contributed by atoms with Crippen LogP contribution in [0.5, 0.6) is 0 Å². The van der Waals surface area contributed by atoms with Crippen LogP contribution >= 0.6 is 0 Å². The van der Waals surface area contributed by atoms with E-state index in [0.717, 1.165) is 31.3 Å². The molecule has 0 unspecified atom stereocenters. The van der Waals surface area contributed by atoms with Gasteiger partial charge in [-0.05, 0) is 41.8 Å². The topological polar surface area (TPSA) is 26.7 Å². The first-order valence-corrected chi connectivity index (χ1v) is 8.81. The van der Waals surface area contributed by atoms with Gasteiger partial charge in [-0.2, -0.15) is 0 Å². The predicted octanol–water partition coefficient (Wildman–Crippen LogP) is 3.17. The summed E-state index contributed by atoms with van der Waals surface area (Å²) < 4.78 is 39.9. The molecule has 0 radical (unpaired) electrons. The number of halogens is 3. The first kappa shape index (κ1) is 18.9. The van der Waals surface area contributed by atoms with Crippen molar-refractivity contribution in [3.8, 4) is 0 Å². The number of aliphatic hydroxyl groups is 1. The van der Waals surface area contributed by atoms with Crippen LogP contribution in [0, 0.1) is 17.5 Å². The molecule has 2 aromatic rings. The van der Waals surface area contributed by atoms with Gasteiger partial charge < -0.3 is 5.11 Å². The van der Waals surface area contributed by atoms with Gasteiger partial charge in [-0.3, -0.25) is 9.80 Å². The van der Waals surface area contributed by atoms with Crippen molar-refractivity contribution in [1.82, 2.24) is 9.80 Å². The maximum Gasteiger partial charge on any atom is 0.159 e. The second kappa shape index (κ2) is 8.66. The fraction of sp³-hybridized carbons (Fsp3) is 0.400. The molecule has 1 fully saturated rings. The minimum absolute atomic E-state index is 0.0623. The number of hydrogen-bond acceptors (Lipinski definition) is 3. The minimum Gasteiger partial charge on any atom is -0.396 e. The zero-order chi connectivity index (χ0) is 18.5. The third-order valence-corrected chi connectivity index (χ3v) is 4.82. The van der Waals surface area contributed by atoms with E-state index >= 15 is 0 Å². The fourth-order valence-corrected chi connectivity index (χ4v) is 3.50. The van der Waals surface area contributed by atoms with Gasteiger partial charge in [-0.15, -0.1) is 0 Å². The number of aliphatic hydroxyl groups excluding tert-OH is 1. The average molecular weight is 364 g/mol. The van der Waals surface area contributed by atoms with Gasteiger partial charge in [0.1, 0.15) is 5.82 Å². The van der Waals surface area contributed by atoms with Crippen LogP contribution < -0.4 is 0 Å². The molecule has 3 rings (SSSR count). The summed E-state index contributed by atoms with van der Waals surface area (Å²) in [5, 5.41) is 9.39. The molecule has 2 aromatic carbocycles. The second-order valence-corrected chi connectivity index (χ2v) is 6.75. The third-order valence-electron chi connectivity index (χ3n) is 4.82. The maximum atomic E-state index is 13.4. The zero-order valence-corrected chi connectivity index (χ0v) is 14.5. The van der Waals surface area contributed by atoms with Gasteiger partial charge in [0, 0.05) is 45.4 Å². The lowest BCUT2D eigenvalue weighted by atomic mass is 10.1. The number of piperazine rings is 1. The summed E-state index contributed by atoms with van der Waals surface area (Å²) in [6.07, 6.45) is 0.601. The van der Waals surface area contributed by atoms with Crippen LogP contribution in [0.4, 0.5) is 13.2 Å². The molecule has 6 heteroatoms. The smallest absolute Gasteiger partial charge is 0.159 e. The van der Waals surface area contributed by atoms with E-state index in [1.165, 1.54) is 18.2 Å². The molecule has 0 aliphatic carbocycles. The number of hydrogen-bond donors (Lipinski definition) is 1. The van der Waals surface area contributed by atoms with Gasteiger partial charge in [0.05, 0.1) is 0 Å². The van der Waals surface area contributed by atoms with Crippen molar-refractivity contribution in [3.63, 3.8) is 0 Å². The number of rotatable bonds is 6. The highest BCUT2D eigenvalue weighted by molar-refractivity contribution is 5.18. The molecule has 1 saturated heterocycles. The number of nitrogens with zero attached hydrogens (tertiary/aromatic N) is 2. The average Bonchev–Trinajstić information content (AvgIpc) is 2.61. The van der Waals surface area contributed by atoms with Gasteiger partial charge in [0.15, 0.2) is 11.6 Å². The van der Waals surface area contributed by atoms with Crippen molar-refractivity contribution in [2.75, 3.05) is 26.2 Å². The molecule has 1 aliphatic heterocycles. The standard InChI is InChI=1S/C20H23F3N2O/c21-17-3-1-2-15(10-17)12-24-7-8-25(18(14-24)6-9-26)13-16-4-5-19(22)20(23)11-16/h1-5,10-11,18,26H,6-9,12-14H2/t18-/m1/s1. The highest BCUT2D eigenvalue weighted by Gasteiger charge is 2.26. The molecule has 140 valence electrons. The Labute approximate surface area is 151 Å². The van der Waals surface area contributed by atoms with E-state index in [4.69, 9.17) is 0 Å².